The lowest BCUT2D eigenvalue weighted by molar-refractivity contribution is -0.154. The molecular formula is C9H15NO3. The number of nitrogens with one attached hydrogen (secondary N) is 1. The average molecular weight is 185 g/mol. The molecule has 2 fully saturated rings. The first-order chi connectivity index (χ1) is 6.27. The van der Waals surface area contributed by atoms with Crippen LogP contribution < -0.4 is 5.32 Å². The first-order valence-electron chi connectivity index (χ1n) is 4.85. The van der Waals surface area contributed by atoms with E-state index < -0.39 is 12.1 Å². The third kappa shape index (κ3) is 1.84. The standard InChI is InChI=1S/C9H15NO3/c11-9(12)8-4-10-7(5-13-8)6-2-1-3-6/h6-8,10H,1-5H2,(H,11,12). The van der Waals surface area contributed by atoms with Gasteiger partial charge < -0.3 is 15.2 Å². The summed E-state index contributed by atoms with van der Waals surface area (Å²) in [7, 11) is 0. The Morgan fingerprint density at radius 2 is 2.23 bits per heavy atom. The second-order valence-corrected chi connectivity index (χ2v) is 3.87. The number of hydrogen-bond acceptors (Lipinski definition) is 3. The molecule has 2 unspecified atom stereocenters. The van der Waals surface area contributed by atoms with Crippen molar-refractivity contribution < 1.29 is 14.6 Å². The molecule has 0 aromatic heterocycles. The van der Waals surface area contributed by atoms with Gasteiger partial charge in [0.1, 0.15) is 0 Å². The molecule has 1 aliphatic heterocycles. The maximum Gasteiger partial charge on any atom is 0.334 e. The second kappa shape index (κ2) is 3.64. The molecule has 0 bridgehead atoms. The monoisotopic (exact) mass is 185 g/mol. The van der Waals surface area contributed by atoms with Crippen LogP contribution in [0.4, 0.5) is 0 Å². The summed E-state index contributed by atoms with van der Waals surface area (Å²) in [6, 6.07) is 0.393. The van der Waals surface area contributed by atoms with Crippen molar-refractivity contribution in [1.29, 1.82) is 0 Å². The fourth-order valence-electron chi connectivity index (χ4n) is 1.90. The number of carbonyl (C=O) groups is 1. The van der Waals surface area contributed by atoms with Crippen LogP contribution >= 0.6 is 0 Å². The topological polar surface area (TPSA) is 58.6 Å². The molecule has 2 atom stereocenters. The SMILES string of the molecule is O=C(O)C1CNC(C2CCC2)CO1. The molecule has 1 saturated carbocycles. The van der Waals surface area contributed by atoms with Gasteiger partial charge in [-0.3, -0.25) is 0 Å². The van der Waals surface area contributed by atoms with Crippen molar-refractivity contribution >= 4 is 5.97 Å². The van der Waals surface area contributed by atoms with Crippen LogP contribution in [0, 0.1) is 5.92 Å². The van der Waals surface area contributed by atoms with E-state index >= 15 is 0 Å². The third-order valence-electron chi connectivity index (χ3n) is 3.04. The van der Waals surface area contributed by atoms with Gasteiger partial charge in [0.15, 0.2) is 6.10 Å². The fraction of sp³-hybridized carbons (Fsp3) is 0.889. The van der Waals surface area contributed by atoms with E-state index in [1.165, 1.54) is 19.3 Å². The Morgan fingerprint density at radius 3 is 2.62 bits per heavy atom. The fourth-order valence-corrected chi connectivity index (χ4v) is 1.90. The lowest BCUT2D eigenvalue weighted by Gasteiger charge is -2.38. The molecule has 0 radical (unpaired) electrons. The first-order valence-corrected chi connectivity index (χ1v) is 4.85. The molecule has 0 spiro atoms. The largest absolute Gasteiger partial charge is 0.479 e. The third-order valence-corrected chi connectivity index (χ3v) is 3.04. The zero-order chi connectivity index (χ0) is 9.26. The summed E-state index contributed by atoms with van der Waals surface area (Å²) in [5, 5.41) is 11.9. The van der Waals surface area contributed by atoms with Crippen molar-refractivity contribution in [3.8, 4) is 0 Å². The van der Waals surface area contributed by atoms with Gasteiger partial charge in [-0.25, -0.2) is 4.79 Å². The van der Waals surface area contributed by atoms with E-state index in [2.05, 4.69) is 5.32 Å². The predicted molar refractivity (Wildman–Crippen MR) is 46.5 cm³/mol. The highest BCUT2D eigenvalue weighted by Gasteiger charge is 2.33. The van der Waals surface area contributed by atoms with Gasteiger partial charge in [-0.2, -0.15) is 0 Å². The van der Waals surface area contributed by atoms with Crippen LogP contribution in [0.5, 0.6) is 0 Å². The molecule has 4 heteroatoms. The number of hydrogen-bond donors (Lipinski definition) is 2. The number of morpholine rings is 1. The minimum atomic E-state index is -0.862. The highest BCUT2D eigenvalue weighted by molar-refractivity contribution is 5.72. The smallest absolute Gasteiger partial charge is 0.334 e. The summed E-state index contributed by atoms with van der Waals surface area (Å²) in [5.41, 5.74) is 0. The maximum atomic E-state index is 10.5. The number of aliphatic carboxylic acids is 1. The van der Waals surface area contributed by atoms with Crippen LogP contribution in [0.3, 0.4) is 0 Å². The summed E-state index contributed by atoms with van der Waals surface area (Å²) >= 11 is 0. The molecule has 2 N–H and O–H groups in total. The Hall–Kier alpha value is -0.610. The molecule has 4 nitrogen and oxygen atoms in total. The Kier molecular flexibility index (Phi) is 2.51. The van der Waals surface area contributed by atoms with Gasteiger partial charge in [0.25, 0.3) is 0 Å². The Labute approximate surface area is 77.3 Å². The van der Waals surface area contributed by atoms with Crippen LogP contribution in [0.15, 0.2) is 0 Å². The summed E-state index contributed by atoms with van der Waals surface area (Å²) in [6.45, 7) is 1.01. The van der Waals surface area contributed by atoms with Gasteiger partial charge in [-0.15, -0.1) is 0 Å². The zero-order valence-electron chi connectivity index (χ0n) is 7.53. The molecule has 1 saturated heterocycles. The normalized spacial score (nSPS) is 35.4. The van der Waals surface area contributed by atoms with Gasteiger partial charge in [0.2, 0.25) is 0 Å². The Morgan fingerprint density at radius 1 is 1.46 bits per heavy atom. The first kappa shape index (κ1) is 8.97. The lowest BCUT2D eigenvalue weighted by atomic mass is 9.79. The van der Waals surface area contributed by atoms with Crippen LogP contribution in [-0.4, -0.2) is 36.4 Å². The van der Waals surface area contributed by atoms with Crippen molar-refractivity contribution in [2.45, 2.75) is 31.4 Å². The highest BCUT2D eigenvalue weighted by atomic mass is 16.5. The molecular weight excluding hydrogens is 170 g/mol. The molecule has 74 valence electrons. The van der Waals surface area contributed by atoms with Gasteiger partial charge in [-0.05, 0) is 18.8 Å². The van der Waals surface area contributed by atoms with E-state index in [1.807, 2.05) is 0 Å². The molecule has 1 heterocycles. The number of ether oxygens (including phenoxy) is 1. The maximum absolute atomic E-state index is 10.5. The second-order valence-electron chi connectivity index (χ2n) is 3.87. The summed E-state index contributed by atoms with van der Waals surface area (Å²) in [5.74, 6) is -0.144. The van der Waals surface area contributed by atoms with Crippen LogP contribution in [0.2, 0.25) is 0 Å². The van der Waals surface area contributed by atoms with Crippen molar-refractivity contribution in [3.63, 3.8) is 0 Å². The number of carboxylic acid groups (broad SMARTS) is 1. The minimum Gasteiger partial charge on any atom is -0.479 e. The molecule has 2 aliphatic rings. The van der Waals surface area contributed by atoms with E-state index in [-0.39, 0.29) is 0 Å². The van der Waals surface area contributed by atoms with Crippen LogP contribution in [-0.2, 0) is 9.53 Å². The van der Waals surface area contributed by atoms with E-state index in [0.717, 1.165) is 5.92 Å². The number of rotatable bonds is 2. The van der Waals surface area contributed by atoms with E-state index in [4.69, 9.17) is 9.84 Å². The van der Waals surface area contributed by atoms with Crippen molar-refractivity contribution in [1.82, 2.24) is 5.32 Å². The average Bonchev–Trinajstić information content (AvgIpc) is 2.02. The summed E-state index contributed by atoms with van der Waals surface area (Å²) in [6.07, 6.45) is 3.19. The predicted octanol–water partition coefficient (Wildman–Crippen LogP) is 0.228. The van der Waals surface area contributed by atoms with Gasteiger partial charge in [0.05, 0.1) is 6.61 Å². The van der Waals surface area contributed by atoms with E-state index in [9.17, 15) is 4.79 Å². The highest BCUT2D eigenvalue weighted by Crippen LogP contribution is 2.30. The van der Waals surface area contributed by atoms with E-state index in [1.54, 1.807) is 0 Å². The number of carboxylic acids is 1. The molecule has 2 rings (SSSR count). The van der Waals surface area contributed by atoms with Gasteiger partial charge >= 0.3 is 5.97 Å². The zero-order valence-corrected chi connectivity index (χ0v) is 7.53. The van der Waals surface area contributed by atoms with Gasteiger partial charge in [0, 0.05) is 12.6 Å². The lowest BCUT2D eigenvalue weighted by Crippen LogP contribution is -2.53. The van der Waals surface area contributed by atoms with Crippen molar-refractivity contribution in [3.05, 3.63) is 0 Å². The Bertz CT molecular complexity index is 195. The van der Waals surface area contributed by atoms with Crippen molar-refractivity contribution in [2.75, 3.05) is 13.2 Å². The minimum absolute atomic E-state index is 0.393. The molecule has 0 aromatic carbocycles. The summed E-state index contributed by atoms with van der Waals surface area (Å²) in [4.78, 5) is 10.5. The van der Waals surface area contributed by atoms with Crippen LogP contribution in [0.1, 0.15) is 19.3 Å². The van der Waals surface area contributed by atoms with Crippen molar-refractivity contribution in [2.24, 2.45) is 5.92 Å². The molecule has 0 aromatic rings. The molecule has 13 heavy (non-hydrogen) atoms. The Balaban J connectivity index is 1.78. The quantitative estimate of drug-likeness (QED) is 0.646. The van der Waals surface area contributed by atoms with E-state index in [0.29, 0.717) is 19.2 Å². The van der Waals surface area contributed by atoms with Crippen LogP contribution in [0.25, 0.3) is 0 Å². The van der Waals surface area contributed by atoms with Gasteiger partial charge in [-0.1, -0.05) is 6.42 Å². The molecule has 1 aliphatic carbocycles. The summed E-state index contributed by atoms with van der Waals surface area (Å²) < 4.78 is 5.25. The molecule has 0 amide bonds.